The molecule has 0 spiro atoms. The predicted octanol–water partition coefficient (Wildman–Crippen LogP) is 4.11. The van der Waals surface area contributed by atoms with Crippen molar-refractivity contribution in [1.29, 1.82) is 0 Å². The van der Waals surface area contributed by atoms with Gasteiger partial charge in [-0.05, 0) is 49.6 Å². The quantitative estimate of drug-likeness (QED) is 0.744. The van der Waals surface area contributed by atoms with E-state index in [1.165, 1.54) is 10.4 Å². The molecule has 1 amide bonds. The van der Waals surface area contributed by atoms with E-state index >= 15 is 0 Å². The molecule has 1 atom stereocenters. The molecule has 0 saturated carbocycles. The molecule has 27 heavy (non-hydrogen) atoms. The molecule has 0 aromatic heterocycles. The Balaban J connectivity index is 1.78. The summed E-state index contributed by atoms with van der Waals surface area (Å²) in [6, 6.07) is 13.7. The van der Waals surface area contributed by atoms with Gasteiger partial charge in [-0.25, -0.2) is 8.42 Å². The average Bonchev–Trinajstić information content (AvgIpc) is 2.69. The Morgan fingerprint density at radius 3 is 2.48 bits per heavy atom. The first kappa shape index (κ1) is 20.0. The number of rotatable bonds is 5. The zero-order valence-corrected chi connectivity index (χ0v) is 17.6. The van der Waals surface area contributed by atoms with Crippen LogP contribution in [0.5, 0.6) is 0 Å². The van der Waals surface area contributed by atoms with Crippen LogP contribution in [0.25, 0.3) is 0 Å². The van der Waals surface area contributed by atoms with E-state index in [4.69, 9.17) is 0 Å². The van der Waals surface area contributed by atoms with Crippen LogP contribution in [-0.2, 0) is 10.0 Å². The highest BCUT2D eigenvalue weighted by Crippen LogP contribution is 2.24. The molecule has 1 aliphatic heterocycles. The summed E-state index contributed by atoms with van der Waals surface area (Å²) in [6.07, 6.45) is 2.81. The molecule has 0 bridgehead atoms. The summed E-state index contributed by atoms with van der Waals surface area (Å²) in [6.45, 7) is 2.97. The first-order valence-electron chi connectivity index (χ1n) is 9.05. The number of hydrogen-bond donors (Lipinski definition) is 1. The lowest BCUT2D eigenvalue weighted by Gasteiger charge is -2.26. The molecule has 7 heteroatoms. The molecule has 2 aromatic carbocycles. The lowest BCUT2D eigenvalue weighted by Crippen LogP contribution is -2.35. The number of sulfonamides is 1. The normalized spacial score (nSPS) is 16.7. The Morgan fingerprint density at radius 1 is 1.07 bits per heavy atom. The maximum absolute atomic E-state index is 12.8. The molecule has 144 valence electrons. The molecule has 3 rings (SSSR count). The fraction of sp³-hybridized carbons (Fsp3) is 0.350. The Morgan fingerprint density at radius 2 is 1.78 bits per heavy atom. The van der Waals surface area contributed by atoms with Gasteiger partial charge in [-0.2, -0.15) is 4.31 Å². The van der Waals surface area contributed by atoms with Crippen molar-refractivity contribution in [1.82, 2.24) is 9.62 Å². The Kier molecular flexibility index (Phi) is 6.34. The van der Waals surface area contributed by atoms with Crippen LogP contribution in [0.4, 0.5) is 0 Å². The molecule has 0 aliphatic carbocycles. The lowest BCUT2D eigenvalue weighted by atomic mass is 10.1. The lowest BCUT2D eigenvalue weighted by molar-refractivity contribution is 0.0939. The van der Waals surface area contributed by atoms with Gasteiger partial charge in [0.2, 0.25) is 10.0 Å². The average molecular weight is 451 g/mol. The molecule has 0 radical (unpaired) electrons. The van der Waals surface area contributed by atoms with Crippen LogP contribution in [0, 0.1) is 0 Å². The monoisotopic (exact) mass is 450 g/mol. The van der Waals surface area contributed by atoms with Crippen LogP contribution >= 0.6 is 15.9 Å². The van der Waals surface area contributed by atoms with Crippen molar-refractivity contribution < 1.29 is 13.2 Å². The summed E-state index contributed by atoms with van der Waals surface area (Å²) in [5.74, 6) is -0.297. The molecule has 1 heterocycles. The van der Waals surface area contributed by atoms with Crippen LogP contribution in [0.2, 0.25) is 0 Å². The van der Waals surface area contributed by atoms with Crippen LogP contribution in [0.3, 0.4) is 0 Å². The molecular formula is C20H23BrN2O3S. The van der Waals surface area contributed by atoms with Gasteiger partial charge in [0, 0.05) is 23.1 Å². The standard InChI is InChI=1S/C20H23BrN2O3S/c1-15(18-10-3-4-11-19(18)21)22-20(24)16-8-7-9-17(14-16)27(25,26)23-12-5-2-6-13-23/h3-4,7-11,14-15H,2,5-6,12-13H2,1H3,(H,22,24). The van der Waals surface area contributed by atoms with Gasteiger partial charge in [0.15, 0.2) is 0 Å². The topological polar surface area (TPSA) is 66.5 Å². The molecule has 1 N–H and O–H groups in total. The minimum atomic E-state index is -3.56. The molecule has 5 nitrogen and oxygen atoms in total. The van der Waals surface area contributed by atoms with Gasteiger partial charge in [0.05, 0.1) is 10.9 Å². The summed E-state index contributed by atoms with van der Waals surface area (Å²) in [7, 11) is -3.56. The fourth-order valence-corrected chi connectivity index (χ4v) is 5.43. The third-order valence-corrected chi connectivity index (χ3v) is 7.39. The smallest absolute Gasteiger partial charge is 0.251 e. The van der Waals surface area contributed by atoms with Gasteiger partial charge >= 0.3 is 0 Å². The van der Waals surface area contributed by atoms with E-state index in [9.17, 15) is 13.2 Å². The summed E-state index contributed by atoms with van der Waals surface area (Å²) in [4.78, 5) is 12.8. The van der Waals surface area contributed by atoms with Gasteiger partial charge < -0.3 is 5.32 Å². The van der Waals surface area contributed by atoms with E-state index in [1.807, 2.05) is 31.2 Å². The minimum Gasteiger partial charge on any atom is -0.345 e. The molecular weight excluding hydrogens is 428 g/mol. The van der Waals surface area contributed by atoms with E-state index < -0.39 is 10.0 Å². The molecule has 2 aromatic rings. The zero-order chi connectivity index (χ0) is 19.4. The van der Waals surface area contributed by atoms with Crippen LogP contribution in [0.15, 0.2) is 57.9 Å². The second-order valence-electron chi connectivity index (χ2n) is 6.71. The number of benzene rings is 2. The van der Waals surface area contributed by atoms with Crippen molar-refractivity contribution in [2.45, 2.75) is 37.1 Å². The van der Waals surface area contributed by atoms with E-state index in [-0.39, 0.29) is 16.8 Å². The van der Waals surface area contributed by atoms with Crippen molar-refractivity contribution in [3.8, 4) is 0 Å². The minimum absolute atomic E-state index is 0.172. The van der Waals surface area contributed by atoms with Gasteiger partial charge in [0.1, 0.15) is 0 Å². The first-order valence-corrected chi connectivity index (χ1v) is 11.3. The number of carbonyl (C=O) groups excluding carboxylic acids is 1. The van der Waals surface area contributed by atoms with Gasteiger partial charge in [0.25, 0.3) is 5.91 Å². The van der Waals surface area contributed by atoms with Gasteiger partial charge in [-0.15, -0.1) is 0 Å². The van der Waals surface area contributed by atoms with Crippen LogP contribution in [-0.4, -0.2) is 31.7 Å². The van der Waals surface area contributed by atoms with Crippen molar-refractivity contribution in [2.24, 2.45) is 0 Å². The third-order valence-electron chi connectivity index (χ3n) is 4.77. The van der Waals surface area contributed by atoms with E-state index in [0.29, 0.717) is 18.7 Å². The highest BCUT2D eigenvalue weighted by molar-refractivity contribution is 9.10. The SMILES string of the molecule is CC(NC(=O)c1cccc(S(=O)(=O)N2CCCCC2)c1)c1ccccc1Br. The number of piperidine rings is 1. The van der Waals surface area contributed by atoms with Crippen molar-refractivity contribution in [3.05, 3.63) is 64.1 Å². The number of halogens is 1. The summed E-state index contributed by atoms with van der Waals surface area (Å²) >= 11 is 3.49. The summed E-state index contributed by atoms with van der Waals surface area (Å²) in [5.41, 5.74) is 1.30. The Labute approximate surface area is 169 Å². The zero-order valence-electron chi connectivity index (χ0n) is 15.2. The Bertz CT molecular complexity index is 924. The maximum atomic E-state index is 12.8. The van der Waals surface area contributed by atoms with Crippen LogP contribution in [0.1, 0.15) is 48.1 Å². The molecule has 1 saturated heterocycles. The van der Waals surface area contributed by atoms with Crippen molar-refractivity contribution in [3.63, 3.8) is 0 Å². The largest absolute Gasteiger partial charge is 0.345 e. The number of nitrogens with zero attached hydrogens (tertiary/aromatic N) is 1. The molecule has 1 fully saturated rings. The molecule has 1 aliphatic rings. The number of carbonyl (C=O) groups is 1. The second-order valence-corrected chi connectivity index (χ2v) is 9.50. The predicted molar refractivity (Wildman–Crippen MR) is 109 cm³/mol. The van der Waals surface area contributed by atoms with E-state index in [0.717, 1.165) is 29.3 Å². The van der Waals surface area contributed by atoms with Crippen molar-refractivity contribution >= 4 is 31.9 Å². The van der Waals surface area contributed by atoms with Crippen LogP contribution < -0.4 is 5.32 Å². The number of nitrogens with one attached hydrogen (secondary N) is 1. The highest BCUT2D eigenvalue weighted by Gasteiger charge is 2.26. The van der Waals surface area contributed by atoms with Gasteiger partial charge in [-0.3, -0.25) is 4.79 Å². The van der Waals surface area contributed by atoms with Gasteiger partial charge in [-0.1, -0.05) is 46.6 Å². The van der Waals surface area contributed by atoms with E-state index in [2.05, 4.69) is 21.2 Å². The summed E-state index contributed by atoms with van der Waals surface area (Å²) in [5, 5.41) is 2.93. The van der Waals surface area contributed by atoms with Crippen molar-refractivity contribution in [2.75, 3.05) is 13.1 Å². The molecule has 1 unspecified atom stereocenters. The van der Waals surface area contributed by atoms with E-state index in [1.54, 1.807) is 18.2 Å². The Hall–Kier alpha value is -1.70. The number of hydrogen-bond acceptors (Lipinski definition) is 3. The second kappa shape index (κ2) is 8.54. The summed E-state index contributed by atoms with van der Waals surface area (Å²) < 4.78 is 28.1. The maximum Gasteiger partial charge on any atom is 0.251 e. The fourth-order valence-electron chi connectivity index (χ4n) is 3.24. The first-order chi connectivity index (χ1) is 12.9. The number of amides is 1. The highest BCUT2D eigenvalue weighted by atomic mass is 79.9. The third kappa shape index (κ3) is 4.59.